The molecule has 3 heterocycles. The highest BCUT2D eigenvalue weighted by molar-refractivity contribution is 7.18. The van der Waals surface area contributed by atoms with Gasteiger partial charge in [-0.1, -0.05) is 12.1 Å². The van der Waals surface area contributed by atoms with Gasteiger partial charge in [0.1, 0.15) is 16.5 Å². The minimum absolute atomic E-state index is 0.0231. The molecule has 0 amide bonds. The van der Waals surface area contributed by atoms with Crippen molar-refractivity contribution in [2.45, 2.75) is 26.8 Å². The number of aryl methyl sites for hydroxylation is 2. The van der Waals surface area contributed by atoms with Crippen molar-refractivity contribution in [3.63, 3.8) is 0 Å². The molecule has 4 aromatic rings. The largest absolute Gasteiger partial charge is 0.363 e. The number of nitrogens with one attached hydrogen (secondary N) is 1. The van der Waals surface area contributed by atoms with Crippen LogP contribution in [-0.2, 0) is 0 Å². The standard InChI is InChI=1S/C21H19FN4S/c1-12-14(3)27-21-18(12)20(24-13(2)15-6-8-17(22)9-7-15)25-19(26-21)16-5-4-10-23-11-16/h4-11,13H,1-3H3,(H,24,25,26). The number of thiophene rings is 1. The molecule has 27 heavy (non-hydrogen) atoms. The highest BCUT2D eigenvalue weighted by atomic mass is 32.1. The van der Waals surface area contributed by atoms with Gasteiger partial charge in [0.15, 0.2) is 5.82 Å². The highest BCUT2D eigenvalue weighted by Gasteiger charge is 2.17. The summed E-state index contributed by atoms with van der Waals surface area (Å²) in [5.74, 6) is 1.20. The molecule has 1 unspecified atom stereocenters. The van der Waals surface area contributed by atoms with Gasteiger partial charge in [-0.3, -0.25) is 4.98 Å². The van der Waals surface area contributed by atoms with Gasteiger partial charge in [-0.15, -0.1) is 11.3 Å². The number of anilines is 1. The number of hydrogen-bond donors (Lipinski definition) is 1. The Morgan fingerprint density at radius 3 is 2.56 bits per heavy atom. The highest BCUT2D eigenvalue weighted by Crippen LogP contribution is 2.36. The van der Waals surface area contributed by atoms with E-state index >= 15 is 0 Å². The van der Waals surface area contributed by atoms with Crippen molar-refractivity contribution in [2.24, 2.45) is 0 Å². The molecule has 0 fully saturated rings. The maximum absolute atomic E-state index is 13.2. The third kappa shape index (κ3) is 3.40. The smallest absolute Gasteiger partial charge is 0.164 e. The first kappa shape index (κ1) is 17.5. The minimum atomic E-state index is -0.237. The Labute approximate surface area is 161 Å². The van der Waals surface area contributed by atoms with E-state index in [-0.39, 0.29) is 11.9 Å². The first-order chi connectivity index (χ1) is 13.0. The van der Waals surface area contributed by atoms with Crippen LogP contribution in [0.25, 0.3) is 21.6 Å². The Kier molecular flexibility index (Phi) is 4.58. The second kappa shape index (κ2) is 7.04. The van der Waals surface area contributed by atoms with Crippen LogP contribution in [0, 0.1) is 19.7 Å². The maximum Gasteiger partial charge on any atom is 0.164 e. The van der Waals surface area contributed by atoms with Crippen molar-refractivity contribution in [1.82, 2.24) is 15.0 Å². The predicted octanol–water partition coefficient (Wildman–Crippen LogP) is 5.68. The first-order valence-corrected chi connectivity index (χ1v) is 9.54. The normalized spacial score (nSPS) is 12.3. The second-order valence-electron chi connectivity index (χ2n) is 6.52. The average molecular weight is 378 g/mol. The van der Waals surface area contributed by atoms with Crippen LogP contribution in [0.3, 0.4) is 0 Å². The summed E-state index contributed by atoms with van der Waals surface area (Å²) < 4.78 is 13.2. The fraction of sp³-hybridized carbons (Fsp3) is 0.190. The minimum Gasteiger partial charge on any atom is -0.363 e. The molecule has 0 aliphatic heterocycles. The summed E-state index contributed by atoms with van der Waals surface area (Å²) in [6.45, 7) is 6.23. The van der Waals surface area contributed by atoms with E-state index in [0.29, 0.717) is 5.82 Å². The van der Waals surface area contributed by atoms with E-state index in [4.69, 9.17) is 9.97 Å². The van der Waals surface area contributed by atoms with Crippen LogP contribution in [-0.4, -0.2) is 15.0 Å². The molecule has 0 saturated carbocycles. The van der Waals surface area contributed by atoms with Crippen LogP contribution in [0.4, 0.5) is 10.2 Å². The zero-order valence-electron chi connectivity index (χ0n) is 15.3. The molecule has 1 atom stereocenters. The molecule has 0 spiro atoms. The van der Waals surface area contributed by atoms with Gasteiger partial charge < -0.3 is 5.32 Å². The number of fused-ring (bicyclic) bond motifs is 1. The Bertz CT molecular complexity index is 1090. The number of pyridine rings is 1. The van der Waals surface area contributed by atoms with E-state index in [9.17, 15) is 4.39 Å². The number of benzene rings is 1. The van der Waals surface area contributed by atoms with E-state index in [1.54, 1.807) is 35.9 Å². The Morgan fingerprint density at radius 1 is 1.07 bits per heavy atom. The van der Waals surface area contributed by atoms with Crippen molar-refractivity contribution < 1.29 is 4.39 Å². The molecule has 6 heteroatoms. The Balaban J connectivity index is 1.81. The van der Waals surface area contributed by atoms with Gasteiger partial charge in [0.05, 0.1) is 5.39 Å². The zero-order valence-corrected chi connectivity index (χ0v) is 16.1. The van der Waals surface area contributed by atoms with Crippen LogP contribution in [0.1, 0.15) is 29.0 Å². The van der Waals surface area contributed by atoms with Crippen LogP contribution in [0.5, 0.6) is 0 Å². The summed E-state index contributed by atoms with van der Waals surface area (Å²) in [6, 6.07) is 10.3. The van der Waals surface area contributed by atoms with Gasteiger partial charge in [0.2, 0.25) is 0 Å². The van der Waals surface area contributed by atoms with Crippen molar-refractivity contribution >= 4 is 27.4 Å². The first-order valence-electron chi connectivity index (χ1n) is 8.73. The van der Waals surface area contributed by atoms with E-state index in [2.05, 4.69) is 24.1 Å². The van der Waals surface area contributed by atoms with Crippen molar-refractivity contribution in [3.05, 3.63) is 70.6 Å². The molecule has 1 N–H and O–H groups in total. The summed E-state index contributed by atoms with van der Waals surface area (Å²) in [5, 5.41) is 4.54. The molecule has 0 bridgehead atoms. The molecule has 0 saturated heterocycles. The van der Waals surface area contributed by atoms with Gasteiger partial charge in [0.25, 0.3) is 0 Å². The average Bonchev–Trinajstić information content (AvgIpc) is 2.97. The van der Waals surface area contributed by atoms with E-state index in [1.807, 2.05) is 19.1 Å². The molecular formula is C21H19FN4S. The summed E-state index contributed by atoms with van der Waals surface area (Å²) >= 11 is 1.67. The van der Waals surface area contributed by atoms with Crippen molar-refractivity contribution in [3.8, 4) is 11.4 Å². The monoisotopic (exact) mass is 378 g/mol. The third-order valence-electron chi connectivity index (χ3n) is 4.67. The van der Waals surface area contributed by atoms with Crippen molar-refractivity contribution in [1.29, 1.82) is 0 Å². The van der Waals surface area contributed by atoms with Crippen LogP contribution >= 0.6 is 11.3 Å². The van der Waals surface area contributed by atoms with E-state index in [1.165, 1.54) is 22.6 Å². The Morgan fingerprint density at radius 2 is 1.85 bits per heavy atom. The number of nitrogens with zero attached hydrogens (tertiary/aromatic N) is 3. The summed E-state index contributed by atoms with van der Waals surface area (Å²) in [5.41, 5.74) is 3.05. The molecule has 3 aromatic heterocycles. The number of hydrogen-bond acceptors (Lipinski definition) is 5. The lowest BCUT2D eigenvalue weighted by molar-refractivity contribution is 0.626. The maximum atomic E-state index is 13.2. The molecule has 0 aliphatic carbocycles. The quantitative estimate of drug-likeness (QED) is 0.496. The molecule has 0 aliphatic rings. The van der Waals surface area contributed by atoms with E-state index in [0.717, 1.165) is 27.2 Å². The van der Waals surface area contributed by atoms with Gasteiger partial charge in [-0.25, -0.2) is 14.4 Å². The van der Waals surface area contributed by atoms with Crippen LogP contribution < -0.4 is 5.32 Å². The van der Waals surface area contributed by atoms with Gasteiger partial charge >= 0.3 is 0 Å². The number of halogens is 1. The van der Waals surface area contributed by atoms with Gasteiger partial charge in [-0.05, 0) is 56.2 Å². The lowest BCUT2D eigenvalue weighted by atomic mass is 10.1. The number of rotatable bonds is 4. The number of aromatic nitrogens is 3. The molecule has 0 radical (unpaired) electrons. The Hall–Kier alpha value is -2.86. The summed E-state index contributed by atoms with van der Waals surface area (Å²) in [6.07, 6.45) is 3.50. The zero-order chi connectivity index (χ0) is 19.0. The molecule has 136 valence electrons. The molecule has 4 rings (SSSR count). The molecule has 4 nitrogen and oxygen atoms in total. The topological polar surface area (TPSA) is 50.7 Å². The lowest BCUT2D eigenvalue weighted by Crippen LogP contribution is -2.09. The molecular weight excluding hydrogens is 359 g/mol. The van der Waals surface area contributed by atoms with Crippen LogP contribution in [0.2, 0.25) is 0 Å². The summed E-state index contributed by atoms with van der Waals surface area (Å²) in [7, 11) is 0. The second-order valence-corrected chi connectivity index (χ2v) is 7.72. The van der Waals surface area contributed by atoms with Crippen LogP contribution in [0.15, 0.2) is 48.8 Å². The third-order valence-corrected chi connectivity index (χ3v) is 5.77. The molecule has 1 aromatic carbocycles. The predicted molar refractivity (Wildman–Crippen MR) is 109 cm³/mol. The van der Waals surface area contributed by atoms with E-state index < -0.39 is 0 Å². The summed E-state index contributed by atoms with van der Waals surface area (Å²) in [4.78, 5) is 15.9. The SMILES string of the molecule is Cc1sc2nc(-c3cccnc3)nc(NC(C)c3ccc(F)cc3)c2c1C. The van der Waals surface area contributed by atoms with Gasteiger partial charge in [-0.2, -0.15) is 0 Å². The van der Waals surface area contributed by atoms with Crippen molar-refractivity contribution in [2.75, 3.05) is 5.32 Å². The van der Waals surface area contributed by atoms with Gasteiger partial charge in [0, 0.05) is 28.9 Å². The fourth-order valence-corrected chi connectivity index (χ4v) is 4.05. The fourth-order valence-electron chi connectivity index (χ4n) is 3.02. The lowest BCUT2D eigenvalue weighted by Gasteiger charge is -2.17.